The Labute approximate surface area is 215 Å². The molecule has 1 saturated carbocycles. The Morgan fingerprint density at radius 3 is 2.31 bits per heavy atom. The standard InChI is InChI=1S/C24H28Cl2N4O4S/c25-20-11-6-17(14-21(20)26)24(32)29-12-13-30(35(33,34)15-16-4-2-1-3-5-16)23(29)22(31)28-19-9-7-18(27)8-10-19/h1-6,11,14,18-19,23H,7-10,12-13,15,27H2,(H,28,31). The van der Waals surface area contributed by atoms with Crippen molar-refractivity contribution >= 4 is 45.0 Å². The van der Waals surface area contributed by atoms with Gasteiger partial charge in [-0.3, -0.25) is 9.59 Å². The molecular weight excluding hydrogens is 511 g/mol. The van der Waals surface area contributed by atoms with Crippen LogP contribution in [0.3, 0.4) is 0 Å². The van der Waals surface area contributed by atoms with Crippen molar-refractivity contribution in [3.63, 3.8) is 0 Å². The molecule has 0 bridgehead atoms. The number of carbonyl (C=O) groups excluding carboxylic acids is 2. The summed E-state index contributed by atoms with van der Waals surface area (Å²) in [6.07, 6.45) is 1.66. The number of hydrogen-bond donors (Lipinski definition) is 2. The van der Waals surface area contributed by atoms with Gasteiger partial charge in [-0.2, -0.15) is 4.31 Å². The Kier molecular flexibility index (Phi) is 8.02. The monoisotopic (exact) mass is 538 g/mol. The summed E-state index contributed by atoms with van der Waals surface area (Å²) in [5.74, 6) is -1.29. The number of rotatable bonds is 6. The predicted molar refractivity (Wildman–Crippen MR) is 135 cm³/mol. The molecule has 0 spiro atoms. The number of benzene rings is 2. The van der Waals surface area contributed by atoms with Gasteiger partial charge in [0.25, 0.3) is 11.8 Å². The SMILES string of the molecule is NC1CCC(NC(=O)C2N(C(=O)c3ccc(Cl)c(Cl)c3)CCN2S(=O)(=O)Cc2ccccc2)CC1. The largest absolute Gasteiger partial charge is 0.350 e. The van der Waals surface area contributed by atoms with Gasteiger partial charge < -0.3 is 16.0 Å². The van der Waals surface area contributed by atoms with Gasteiger partial charge in [-0.25, -0.2) is 8.42 Å². The maximum Gasteiger partial charge on any atom is 0.259 e. The zero-order chi connectivity index (χ0) is 25.2. The summed E-state index contributed by atoms with van der Waals surface area (Å²) in [7, 11) is -3.91. The highest BCUT2D eigenvalue weighted by Gasteiger charge is 2.46. The smallest absolute Gasteiger partial charge is 0.259 e. The number of hydrogen-bond acceptors (Lipinski definition) is 5. The molecule has 2 aromatic rings. The van der Waals surface area contributed by atoms with E-state index in [2.05, 4.69) is 5.32 Å². The van der Waals surface area contributed by atoms with E-state index in [1.165, 1.54) is 23.1 Å². The van der Waals surface area contributed by atoms with E-state index in [1.807, 2.05) is 0 Å². The van der Waals surface area contributed by atoms with Gasteiger partial charge in [-0.15, -0.1) is 0 Å². The summed E-state index contributed by atoms with van der Waals surface area (Å²) in [4.78, 5) is 28.2. The fraction of sp³-hybridized carbons (Fsp3) is 0.417. The molecule has 1 unspecified atom stereocenters. The number of nitrogens with zero attached hydrogens (tertiary/aromatic N) is 2. The molecule has 2 aliphatic rings. The Morgan fingerprint density at radius 1 is 0.971 bits per heavy atom. The maximum atomic E-state index is 13.5. The number of halogens is 2. The molecule has 4 rings (SSSR count). The van der Waals surface area contributed by atoms with Gasteiger partial charge in [-0.05, 0) is 49.4 Å². The lowest BCUT2D eigenvalue weighted by molar-refractivity contribution is -0.128. The number of amides is 2. The van der Waals surface area contributed by atoms with Gasteiger partial charge in [0.05, 0.1) is 15.8 Å². The van der Waals surface area contributed by atoms with Gasteiger partial charge in [0.15, 0.2) is 6.17 Å². The first-order valence-electron chi connectivity index (χ1n) is 11.5. The highest BCUT2D eigenvalue weighted by Crippen LogP contribution is 2.28. The molecule has 2 amide bonds. The molecule has 1 saturated heterocycles. The van der Waals surface area contributed by atoms with Crippen molar-refractivity contribution < 1.29 is 18.0 Å². The van der Waals surface area contributed by atoms with Crippen molar-refractivity contribution in [2.75, 3.05) is 13.1 Å². The molecule has 0 aromatic heterocycles. The van der Waals surface area contributed by atoms with Crippen molar-refractivity contribution in [1.82, 2.24) is 14.5 Å². The van der Waals surface area contributed by atoms with Crippen LogP contribution >= 0.6 is 23.2 Å². The Bertz CT molecular complexity index is 1190. The average Bonchev–Trinajstić information content (AvgIpc) is 3.29. The highest BCUT2D eigenvalue weighted by atomic mass is 35.5. The Balaban J connectivity index is 1.62. The van der Waals surface area contributed by atoms with E-state index in [0.717, 1.165) is 17.1 Å². The summed E-state index contributed by atoms with van der Waals surface area (Å²) in [6.45, 7) is 0.0799. The van der Waals surface area contributed by atoms with Crippen LogP contribution in [0.1, 0.15) is 41.6 Å². The van der Waals surface area contributed by atoms with E-state index >= 15 is 0 Å². The normalized spacial score (nSPS) is 23.3. The lowest BCUT2D eigenvalue weighted by Gasteiger charge is -2.32. The van der Waals surface area contributed by atoms with Crippen molar-refractivity contribution in [3.8, 4) is 0 Å². The fourth-order valence-corrected chi connectivity index (χ4v) is 6.54. The number of sulfonamides is 1. The van der Waals surface area contributed by atoms with Crippen LogP contribution in [0.4, 0.5) is 0 Å². The summed E-state index contributed by atoms with van der Waals surface area (Å²) < 4.78 is 27.9. The van der Waals surface area contributed by atoms with E-state index in [1.54, 1.807) is 30.3 Å². The number of carbonyl (C=O) groups is 2. The zero-order valence-electron chi connectivity index (χ0n) is 19.1. The second kappa shape index (κ2) is 10.8. The van der Waals surface area contributed by atoms with Crippen molar-refractivity contribution in [2.45, 2.75) is 49.7 Å². The van der Waals surface area contributed by atoms with E-state index in [-0.39, 0.29) is 41.5 Å². The van der Waals surface area contributed by atoms with Crippen LogP contribution in [-0.2, 0) is 20.6 Å². The van der Waals surface area contributed by atoms with Gasteiger partial charge in [0.2, 0.25) is 10.0 Å². The molecule has 1 aliphatic heterocycles. The third-order valence-electron chi connectivity index (χ3n) is 6.46. The van der Waals surface area contributed by atoms with Gasteiger partial charge in [0, 0.05) is 30.7 Å². The minimum atomic E-state index is -3.91. The molecule has 2 fully saturated rings. The lowest BCUT2D eigenvalue weighted by Crippen LogP contribution is -2.56. The quantitative estimate of drug-likeness (QED) is 0.586. The topological polar surface area (TPSA) is 113 Å². The van der Waals surface area contributed by atoms with Gasteiger partial charge >= 0.3 is 0 Å². The van der Waals surface area contributed by atoms with Gasteiger partial charge in [0.1, 0.15) is 0 Å². The van der Waals surface area contributed by atoms with E-state index in [9.17, 15) is 18.0 Å². The van der Waals surface area contributed by atoms with Crippen LogP contribution in [0, 0.1) is 0 Å². The molecule has 1 atom stereocenters. The van der Waals surface area contributed by atoms with E-state index < -0.39 is 28.0 Å². The molecule has 0 radical (unpaired) electrons. The van der Waals surface area contributed by atoms with Crippen molar-refractivity contribution in [3.05, 3.63) is 69.7 Å². The van der Waals surface area contributed by atoms with E-state index in [0.29, 0.717) is 23.4 Å². The average molecular weight is 539 g/mol. The molecule has 35 heavy (non-hydrogen) atoms. The fourth-order valence-electron chi connectivity index (χ4n) is 4.58. The first-order chi connectivity index (χ1) is 16.7. The van der Waals surface area contributed by atoms with Crippen LogP contribution in [0.25, 0.3) is 0 Å². The zero-order valence-corrected chi connectivity index (χ0v) is 21.4. The lowest BCUT2D eigenvalue weighted by atomic mass is 9.92. The summed E-state index contributed by atoms with van der Waals surface area (Å²) in [6, 6.07) is 13.2. The van der Waals surface area contributed by atoms with Crippen LogP contribution in [0.15, 0.2) is 48.5 Å². The molecule has 188 valence electrons. The minimum Gasteiger partial charge on any atom is -0.350 e. The maximum absolute atomic E-state index is 13.5. The highest BCUT2D eigenvalue weighted by molar-refractivity contribution is 7.88. The number of nitrogens with two attached hydrogens (primary N) is 1. The van der Waals surface area contributed by atoms with E-state index in [4.69, 9.17) is 28.9 Å². The third-order valence-corrected chi connectivity index (χ3v) is 8.99. The van der Waals surface area contributed by atoms with Crippen LogP contribution < -0.4 is 11.1 Å². The number of nitrogens with one attached hydrogen (secondary N) is 1. The molecule has 3 N–H and O–H groups in total. The Hall–Kier alpha value is -2.17. The predicted octanol–water partition coefficient (Wildman–Crippen LogP) is 2.99. The summed E-state index contributed by atoms with van der Waals surface area (Å²) >= 11 is 12.1. The van der Waals surface area contributed by atoms with Crippen molar-refractivity contribution in [1.29, 1.82) is 0 Å². The molecular formula is C24H28Cl2N4O4S. The third kappa shape index (κ3) is 5.98. The molecule has 11 heteroatoms. The molecule has 8 nitrogen and oxygen atoms in total. The second-order valence-electron chi connectivity index (χ2n) is 8.97. The Morgan fingerprint density at radius 2 is 1.66 bits per heavy atom. The second-order valence-corrected chi connectivity index (χ2v) is 11.7. The van der Waals surface area contributed by atoms with Crippen molar-refractivity contribution in [2.24, 2.45) is 5.73 Å². The van der Waals surface area contributed by atoms with Crippen LogP contribution in [-0.4, -0.2) is 60.8 Å². The molecule has 1 heterocycles. The minimum absolute atomic E-state index is 0.00978. The molecule has 1 aliphatic carbocycles. The molecule has 2 aromatic carbocycles. The summed E-state index contributed by atoms with van der Waals surface area (Å²) in [5, 5.41) is 3.45. The first-order valence-corrected chi connectivity index (χ1v) is 13.9. The van der Waals surface area contributed by atoms with Crippen LogP contribution in [0.2, 0.25) is 10.0 Å². The van der Waals surface area contributed by atoms with Crippen LogP contribution in [0.5, 0.6) is 0 Å². The first kappa shape index (κ1) is 25.9. The summed E-state index contributed by atoms with van der Waals surface area (Å²) in [5.41, 5.74) is 6.80. The van der Waals surface area contributed by atoms with Gasteiger partial charge in [-0.1, -0.05) is 53.5 Å².